The van der Waals surface area contributed by atoms with Gasteiger partial charge in [0.05, 0.1) is 30.3 Å². The number of amides is 3. The second kappa shape index (κ2) is 12.3. The SMILES string of the molecule is COc1ccccc1N(C(=O)CNC(=O)c1cccs1)C(C(=O)NCC1CCCO1)c1ccccc1. The maximum absolute atomic E-state index is 13.7. The van der Waals surface area contributed by atoms with Crippen molar-refractivity contribution in [1.82, 2.24) is 10.6 Å². The molecule has 0 bridgehead atoms. The van der Waals surface area contributed by atoms with E-state index in [1.807, 2.05) is 18.2 Å². The molecule has 2 unspecified atom stereocenters. The molecule has 1 aliphatic heterocycles. The van der Waals surface area contributed by atoms with E-state index in [-0.39, 0.29) is 24.5 Å². The first kappa shape index (κ1) is 25.4. The number of thiophene rings is 1. The molecule has 0 spiro atoms. The van der Waals surface area contributed by atoms with Gasteiger partial charge in [0.15, 0.2) is 0 Å². The molecule has 1 aromatic heterocycles. The molecular formula is C27H29N3O5S. The molecule has 8 nitrogen and oxygen atoms in total. The minimum absolute atomic E-state index is 0.0501. The van der Waals surface area contributed by atoms with E-state index in [0.29, 0.717) is 35.0 Å². The minimum atomic E-state index is -0.991. The number of ether oxygens (including phenoxy) is 2. The van der Waals surface area contributed by atoms with Gasteiger partial charge in [-0.25, -0.2) is 0 Å². The van der Waals surface area contributed by atoms with Gasteiger partial charge in [-0.05, 0) is 42.0 Å². The average molecular weight is 508 g/mol. The molecule has 1 saturated heterocycles. The smallest absolute Gasteiger partial charge is 0.261 e. The number of carbonyl (C=O) groups excluding carboxylic acids is 3. The third-order valence-electron chi connectivity index (χ3n) is 5.91. The molecule has 1 aliphatic rings. The van der Waals surface area contributed by atoms with Crippen molar-refractivity contribution in [2.45, 2.75) is 25.0 Å². The third kappa shape index (κ3) is 6.10. The molecule has 4 rings (SSSR count). The fraction of sp³-hybridized carbons (Fsp3) is 0.296. The number of nitrogens with zero attached hydrogens (tertiary/aromatic N) is 1. The van der Waals surface area contributed by atoms with Crippen LogP contribution in [0.25, 0.3) is 0 Å². The Morgan fingerprint density at radius 2 is 1.83 bits per heavy atom. The molecule has 2 atom stereocenters. The van der Waals surface area contributed by atoms with Crippen molar-refractivity contribution in [3.8, 4) is 5.75 Å². The predicted molar refractivity (Wildman–Crippen MR) is 138 cm³/mol. The van der Waals surface area contributed by atoms with E-state index in [1.54, 1.807) is 53.9 Å². The number of rotatable bonds is 10. The zero-order valence-corrected chi connectivity index (χ0v) is 20.8. The van der Waals surface area contributed by atoms with E-state index in [9.17, 15) is 14.4 Å². The Labute approximate surface area is 214 Å². The molecule has 1 fully saturated rings. The highest BCUT2D eigenvalue weighted by atomic mass is 32.1. The molecule has 2 N–H and O–H groups in total. The Morgan fingerprint density at radius 3 is 2.53 bits per heavy atom. The summed E-state index contributed by atoms with van der Waals surface area (Å²) < 4.78 is 11.2. The van der Waals surface area contributed by atoms with Gasteiger partial charge in [0.1, 0.15) is 11.8 Å². The van der Waals surface area contributed by atoms with Gasteiger partial charge in [0, 0.05) is 13.2 Å². The van der Waals surface area contributed by atoms with Gasteiger partial charge < -0.3 is 20.1 Å². The highest BCUT2D eigenvalue weighted by Gasteiger charge is 2.34. The van der Waals surface area contributed by atoms with Crippen molar-refractivity contribution in [3.63, 3.8) is 0 Å². The van der Waals surface area contributed by atoms with Crippen LogP contribution in [0.2, 0.25) is 0 Å². The van der Waals surface area contributed by atoms with Crippen LogP contribution >= 0.6 is 11.3 Å². The van der Waals surface area contributed by atoms with Crippen LogP contribution in [0.1, 0.15) is 34.1 Å². The van der Waals surface area contributed by atoms with E-state index in [4.69, 9.17) is 9.47 Å². The number of carbonyl (C=O) groups is 3. The predicted octanol–water partition coefficient (Wildman–Crippen LogP) is 3.56. The van der Waals surface area contributed by atoms with Gasteiger partial charge in [-0.2, -0.15) is 0 Å². The fourth-order valence-corrected chi connectivity index (χ4v) is 4.79. The van der Waals surface area contributed by atoms with Gasteiger partial charge in [-0.3, -0.25) is 19.3 Å². The van der Waals surface area contributed by atoms with Crippen molar-refractivity contribution in [1.29, 1.82) is 0 Å². The summed E-state index contributed by atoms with van der Waals surface area (Å²) in [6.07, 6.45) is 1.78. The van der Waals surface area contributed by atoms with Crippen LogP contribution in [0, 0.1) is 0 Å². The molecule has 2 aromatic carbocycles. The van der Waals surface area contributed by atoms with Crippen molar-refractivity contribution in [2.75, 3.05) is 31.7 Å². The lowest BCUT2D eigenvalue weighted by Gasteiger charge is -2.32. The summed E-state index contributed by atoms with van der Waals surface area (Å²) in [4.78, 5) is 41.8. The van der Waals surface area contributed by atoms with Gasteiger partial charge in [0.25, 0.3) is 5.91 Å². The summed E-state index contributed by atoms with van der Waals surface area (Å²) >= 11 is 1.29. The van der Waals surface area contributed by atoms with Crippen LogP contribution in [0.3, 0.4) is 0 Å². The quantitative estimate of drug-likeness (QED) is 0.438. The first-order valence-electron chi connectivity index (χ1n) is 11.8. The van der Waals surface area contributed by atoms with Crippen molar-refractivity contribution in [2.24, 2.45) is 0 Å². The largest absolute Gasteiger partial charge is 0.495 e. The summed E-state index contributed by atoms with van der Waals surface area (Å²) in [7, 11) is 1.51. The number of hydrogen-bond acceptors (Lipinski definition) is 6. The van der Waals surface area contributed by atoms with Gasteiger partial charge in [0.2, 0.25) is 11.8 Å². The van der Waals surface area contributed by atoms with E-state index in [1.165, 1.54) is 23.3 Å². The Kier molecular flexibility index (Phi) is 8.70. The summed E-state index contributed by atoms with van der Waals surface area (Å²) in [5.41, 5.74) is 1.06. The molecule has 0 aliphatic carbocycles. The minimum Gasteiger partial charge on any atom is -0.495 e. The standard InChI is InChI=1S/C27H29N3O5S/c1-34-22-13-6-5-12-21(22)30(24(31)18-29-26(32)23-14-8-16-36-23)25(19-9-3-2-4-10-19)27(33)28-17-20-11-7-15-35-20/h2-6,8-10,12-14,16,20,25H,7,11,15,17-18H2,1H3,(H,28,33)(H,29,32). The lowest BCUT2D eigenvalue weighted by Crippen LogP contribution is -2.48. The third-order valence-corrected chi connectivity index (χ3v) is 6.78. The maximum atomic E-state index is 13.7. The Bertz CT molecular complexity index is 1160. The van der Waals surface area contributed by atoms with Crippen LogP contribution < -0.4 is 20.3 Å². The molecule has 36 heavy (non-hydrogen) atoms. The number of benzene rings is 2. The van der Waals surface area contributed by atoms with Crippen LogP contribution in [0.15, 0.2) is 72.1 Å². The lowest BCUT2D eigenvalue weighted by molar-refractivity contribution is -0.126. The number of anilines is 1. The first-order valence-corrected chi connectivity index (χ1v) is 12.7. The van der Waals surface area contributed by atoms with E-state index in [0.717, 1.165) is 12.8 Å². The highest BCUT2D eigenvalue weighted by Crippen LogP contribution is 2.35. The van der Waals surface area contributed by atoms with E-state index < -0.39 is 11.9 Å². The second-order valence-corrected chi connectivity index (χ2v) is 9.24. The summed E-state index contributed by atoms with van der Waals surface area (Å²) in [5.74, 6) is -0.716. The number of hydrogen-bond donors (Lipinski definition) is 2. The lowest BCUT2D eigenvalue weighted by atomic mass is 10.0. The summed E-state index contributed by atoms with van der Waals surface area (Å²) in [5, 5.41) is 7.44. The zero-order chi connectivity index (χ0) is 25.3. The monoisotopic (exact) mass is 507 g/mol. The molecule has 3 amide bonds. The molecule has 0 saturated carbocycles. The van der Waals surface area contributed by atoms with Crippen LogP contribution in [-0.4, -0.2) is 50.6 Å². The summed E-state index contributed by atoms with van der Waals surface area (Å²) in [6, 6.07) is 18.6. The van der Waals surface area contributed by atoms with Gasteiger partial charge >= 0.3 is 0 Å². The zero-order valence-electron chi connectivity index (χ0n) is 20.0. The molecule has 188 valence electrons. The molecule has 9 heteroatoms. The summed E-state index contributed by atoms with van der Waals surface area (Å²) in [6.45, 7) is 0.737. The number of methoxy groups -OCH3 is 1. The maximum Gasteiger partial charge on any atom is 0.261 e. The van der Waals surface area contributed by atoms with Crippen molar-refractivity contribution >= 4 is 34.7 Å². The number of nitrogens with one attached hydrogen (secondary N) is 2. The Balaban J connectivity index is 1.66. The topological polar surface area (TPSA) is 97.0 Å². The fourth-order valence-electron chi connectivity index (χ4n) is 4.15. The molecule has 3 aromatic rings. The van der Waals surface area contributed by atoms with E-state index in [2.05, 4.69) is 10.6 Å². The van der Waals surface area contributed by atoms with E-state index >= 15 is 0 Å². The normalized spacial score (nSPS) is 15.6. The van der Waals surface area contributed by atoms with Crippen molar-refractivity contribution < 1.29 is 23.9 Å². The van der Waals surface area contributed by atoms with Crippen molar-refractivity contribution in [3.05, 3.63) is 82.6 Å². The van der Waals surface area contributed by atoms with Crippen LogP contribution in [0.5, 0.6) is 5.75 Å². The van der Waals surface area contributed by atoms with Crippen LogP contribution in [-0.2, 0) is 14.3 Å². The van der Waals surface area contributed by atoms with Gasteiger partial charge in [-0.15, -0.1) is 11.3 Å². The van der Waals surface area contributed by atoms with Crippen LogP contribution in [0.4, 0.5) is 5.69 Å². The Morgan fingerprint density at radius 1 is 1.06 bits per heavy atom. The molecular weight excluding hydrogens is 478 g/mol. The first-order chi connectivity index (χ1) is 17.6. The Hall–Kier alpha value is -3.69. The number of para-hydroxylation sites is 2. The average Bonchev–Trinajstić information content (AvgIpc) is 3.64. The highest BCUT2D eigenvalue weighted by molar-refractivity contribution is 7.12. The molecule has 0 radical (unpaired) electrons. The molecule has 2 heterocycles. The second-order valence-electron chi connectivity index (χ2n) is 8.29. The van der Waals surface area contributed by atoms with Gasteiger partial charge in [-0.1, -0.05) is 48.5 Å².